The van der Waals surface area contributed by atoms with E-state index >= 15 is 0 Å². The molecule has 7 nitrogen and oxygen atoms in total. The van der Waals surface area contributed by atoms with E-state index in [2.05, 4.69) is 10.1 Å². The quantitative estimate of drug-likeness (QED) is 0.329. The van der Waals surface area contributed by atoms with Gasteiger partial charge in [-0.25, -0.2) is 9.50 Å². The fourth-order valence-corrected chi connectivity index (χ4v) is 3.57. The Morgan fingerprint density at radius 3 is 2.64 bits per heavy atom. The molecule has 0 atom stereocenters. The maximum Gasteiger partial charge on any atom is 0.270 e. The number of anilines is 1. The van der Waals surface area contributed by atoms with Gasteiger partial charge in [0.1, 0.15) is 5.01 Å². The molecule has 0 aliphatic heterocycles. The van der Waals surface area contributed by atoms with Crippen molar-refractivity contribution in [3.05, 3.63) is 63.8 Å². The minimum absolute atomic E-state index is 0.0326. The van der Waals surface area contributed by atoms with Gasteiger partial charge in [0.15, 0.2) is 0 Å². The summed E-state index contributed by atoms with van der Waals surface area (Å²) in [6.07, 6.45) is 1.80. The topological polar surface area (TPSA) is 99.3 Å². The zero-order chi connectivity index (χ0) is 17.6. The number of nitrogen functional groups attached to an aromatic ring is 1. The average molecular weight is 372 g/mol. The Bertz CT molecular complexity index is 1070. The second kappa shape index (κ2) is 5.83. The number of hydrogen-bond donors (Lipinski definition) is 1. The third kappa shape index (κ3) is 2.81. The van der Waals surface area contributed by atoms with Gasteiger partial charge in [-0.1, -0.05) is 35.1 Å². The molecule has 0 bridgehead atoms. The van der Waals surface area contributed by atoms with E-state index in [0.29, 0.717) is 26.2 Å². The molecule has 0 fully saturated rings. The number of nitro groups is 1. The smallest absolute Gasteiger partial charge is 0.270 e. The van der Waals surface area contributed by atoms with Gasteiger partial charge >= 0.3 is 0 Å². The SMILES string of the molecule is Nc1ccc(-c2cn3nc(-c4cc([N+](=O)[O-])ccc4Cl)sc3n2)cc1. The summed E-state index contributed by atoms with van der Waals surface area (Å²) in [5.74, 6) is 0. The van der Waals surface area contributed by atoms with Crippen LogP contribution in [0.4, 0.5) is 11.4 Å². The molecule has 2 N–H and O–H groups in total. The molecule has 2 heterocycles. The predicted octanol–water partition coefficient (Wildman–Crippen LogP) is 4.27. The molecule has 0 saturated carbocycles. The van der Waals surface area contributed by atoms with Crippen LogP contribution >= 0.6 is 22.9 Å². The van der Waals surface area contributed by atoms with Crippen LogP contribution in [0.1, 0.15) is 0 Å². The maximum atomic E-state index is 11.0. The van der Waals surface area contributed by atoms with Crippen LogP contribution in [0.25, 0.3) is 26.8 Å². The molecular formula is C16H10ClN5O2S. The summed E-state index contributed by atoms with van der Waals surface area (Å²) in [5.41, 5.74) is 8.57. The van der Waals surface area contributed by atoms with Crippen LogP contribution in [-0.4, -0.2) is 19.5 Å². The van der Waals surface area contributed by atoms with E-state index < -0.39 is 4.92 Å². The first-order valence-corrected chi connectivity index (χ1v) is 8.37. The highest BCUT2D eigenvalue weighted by atomic mass is 35.5. The number of aromatic nitrogens is 3. The fraction of sp³-hybridized carbons (Fsp3) is 0. The van der Waals surface area contributed by atoms with E-state index in [9.17, 15) is 10.1 Å². The van der Waals surface area contributed by atoms with Gasteiger partial charge in [-0.3, -0.25) is 10.1 Å². The molecule has 0 spiro atoms. The lowest BCUT2D eigenvalue weighted by Gasteiger charge is -1.99. The van der Waals surface area contributed by atoms with Crippen LogP contribution in [0.15, 0.2) is 48.7 Å². The van der Waals surface area contributed by atoms with Crippen molar-refractivity contribution in [3.63, 3.8) is 0 Å². The van der Waals surface area contributed by atoms with Gasteiger partial charge in [0.25, 0.3) is 5.69 Å². The molecular weight excluding hydrogens is 362 g/mol. The number of nitrogens with two attached hydrogens (primary N) is 1. The Balaban J connectivity index is 1.76. The standard InChI is InChI=1S/C16H10ClN5O2S/c17-13-6-5-11(22(23)24)7-12(13)15-20-21-8-14(19-16(21)25-15)9-1-3-10(18)4-2-9/h1-8H,18H2. The lowest BCUT2D eigenvalue weighted by Crippen LogP contribution is -1.89. The minimum atomic E-state index is -0.461. The van der Waals surface area contributed by atoms with Crippen molar-refractivity contribution in [1.29, 1.82) is 0 Å². The fourth-order valence-electron chi connectivity index (χ4n) is 2.39. The molecule has 2 aromatic heterocycles. The minimum Gasteiger partial charge on any atom is -0.399 e. The first-order valence-electron chi connectivity index (χ1n) is 7.18. The lowest BCUT2D eigenvalue weighted by molar-refractivity contribution is -0.384. The number of non-ortho nitro benzene ring substituents is 1. The van der Waals surface area contributed by atoms with E-state index in [1.54, 1.807) is 10.7 Å². The van der Waals surface area contributed by atoms with Gasteiger partial charge in [0.2, 0.25) is 4.96 Å². The van der Waals surface area contributed by atoms with Crippen LogP contribution in [0.3, 0.4) is 0 Å². The summed E-state index contributed by atoms with van der Waals surface area (Å²) >= 11 is 7.49. The van der Waals surface area contributed by atoms with Crippen LogP contribution in [0, 0.1) is 10.1 Å². The van der Waals surface area contributed by atoms with E-state index in [1.165, 1.54) is 29.5 Å². The molecule has 9 heteroatoms. The molecule has 124 valence electrons. The van der Waals surface area contributed by atoms with Crippen LogP contribution in [0.5, 0.6) is 0 Å². The van der Waals surface area contributed by atoms with Gasteiger partial charge in [-0.05, 0) is 18.2 Å². The largest absolute Gasteiger partial charge is 0.399 e. The number of imidazole rings is 1. The Labute approximate surface area is 150 Å². The van der Waals surface area contributed by atoms with E-state index in [0.717, 1.165) is 11.3 Å². The summed E-state index contributed by atoms with van der Waals surface area (Å²) in [6.45, 7) is 0. The number of fused-ring (bicyclic) bond motifs is 1. The highest BCUT2D eigenvalue weighted by Gasteiger charge is 2.16. The number of benzene rings is 2. The maximum absolute atomic E-state index is 11.0. The van der Waals surface area contributed by atoms with Gasteiger partial charge in [-0.15, -0.1) is 0 Å². The predicted molar refractivity (Wildman–Crippen MR) is 97.8 cm³/mol. The Hall–Kier alpha value is -2.97. The van der Waals surface area contributed by atoms with Crippen LogP contribution in [-0.2, 0) is 0 Å². The van der Waals surface area contributed by atoms with Crippen molar-refractivity contribution in [2.75, 3.05) is 5.73 Å². The van der Waals surface area contributed by atoms with Crippen LogP contribution < -0.4 is 5.73 Å². The van der Waals surface area contributed by atoms with Gasteiger partial charge in [0.05, 0.1) is 21.8 Å². The molecule has 0 radical (unpaired) electrons. The van der Waals surface area contributed by atoms with E-state index in [-0.39, 0.29) is 5.69 Å². The monoisotopic (exact) mass is 371 g/mol. The van der Waals surface area contributed by atoms with Gasteiger partial charge in [0, 0.05) is 28.9 Å². The Kier molecular flexibility index (Phi) is 3.63. The molecule has 0 amide bonds. The summed E-state index contributed by atoms with van der Waals surface area (Å²) in [7, 11) is 0. The van der Waals surface area contributed by atoms with Crippen LogP contribution in [0.2, 0.25) is 5.02 Å². The van der Waals surface area contributed by atoms with Crippen molar-refractivity contribution >= 4 is 39.3 Å². The molecule has 2 aromatic carbocycles. The number of rotatable bonds is 3. The highest BCUT2D eigenvalue weighted by molar-refractivity contribution is 7.19. The van der Waals surface area contributed by atoms with Crippen molar-refractivity contribution in [2.24, 2.45) is 0 Å². The number of nitrogens with zero attached hydrogens (tertiary/aromatic N) is 4. The van der Waals surface area contributed by atoms with Crippen molar-refractivity contribution in [2.45, 2.75) is 0 Å². The van der Waals surface area contributed by atoms with Gasteiger partial charge in [-0.2, -0.15) is 5.10 Å². The second-order valence-corrected chi connectivity index (χ2v) is 6.67. The average Bonchev–Trinajstić information content (AvgIpc) is 3.14. The van der Waals surface area contributed by atoms with Gasteiger partial charge < -0.3 is 5.73 Å². The van der Waals surface area contributed by atoms with Crippen molar-refractivity contribution in [1.82, 2.24) is 14.6 Å². The molecule has 0 aliphatic rings. The zero-order valence-corrected chi connectivity index (χ0v) is 14.2. The molecule has 0 saturated heterocycles. The van der Waals surface area contributed by atoms with Crippen molar-refractivity contribution in [3.8, 4) is 21.8 Å². The second-order valence-electron chi connectivity index (χ2n) is 5.30. The summed E-state index contributed by atoms with van der Waals surface area (Å²) in [4.78, 5) is 15.7. The Morgan fingerprint density at radius 1 is 1.20 bits per heavy atom. The van der Waals surface area contributed by atoms with Crippen molar-refractivity contribution < 1.29 is 4.92 Å². The third-order valence-corrected chi connectivity index (χ3v) is 4.93. The summed E-state index contributed by atoms with van der Waals surface area (Å²) < 4.78 is 1.64. The first-order chi connectivity index (χ1) is 12.0. The molecule has 0 unspecified atom stereocenters. The summed E-state index contributed by atoms with van der Waals surface area (Å²) in [6, 6.07) is 11.7. The summed E-state index contributed by atoms with van der Waals surface area (Å²) in [5, 5.41) is 16.4. The number of nitro benzene ring substituents is 1. The number of hydrogen-bond acceptors (Lipinski definition) is 6. The normalized spacial score (nSPS) is 11.1. The molecule has 25 heavy (non-hydrogen) atoms. The lowest BCUT2D eigenvalue weighted by atomic mass is 10.1. The zero-order valence-electron chi connectivity index (χ0n) is 12.6. The third-order valence-electron chi connectivity index (χ3n) is 3.64. The highest BCUT2D eigenvalue weighted by Crippen LogP contribution is 2.34. The first kappa shape index (κ1) is 15.6. The number of halogens is 1. The Morgan fingerprint density at radius 2 is 1.96 bits per heavy atom. The molecule has 4 rings (SSSR count). The molecule has 4 aromatic rings. The van der Waals surface area contributed by atoms with E-state index in [4.69, 9.17) is 17.3 Å². The molecule has 0 aliphatic carbocycles. The van der Waals surface area contributed by atoms with E-state index in [1.807, 2.05) is 24.3 Å².